The highest BCUT2D eigenvalue weighted by Crippen LogP contribution is 2.70. The highest BCUT2D eigenvalue weighted by Gasteiger charge is 2.61. The zero-order valence-corrected chi connectivity index (χ0v) is 40.9. The summed E-state index contributed by atoms with van der Waals surface area (Å²) in [4.78, 5) is 2.52. The van der Waals surface area contributed by atoms with Crippen LogP contribution in [0.2, 0.25) is 0 Å². The number of hydrogen-bond donors (Lipinski definition) is 0. The maximum absolute atomic E-state index is 2.57. The van der Waals surface area contributed by atoms with Crippen LogP contribution in [0.1, 0.15) is 86.5 Å². The largest absolute Gasteiger partial charge is 0.310 e. The Labute approximate surface area is 423 Å². The molecule has 2 nitrogen and oxygen atoms in total. The molecular formula is C70H58N2. The molecule has 0 atom stereocenters. The summed E-state index contributed by atoms with van der Waals surface area (Å²) in [5.41, 5.74) is 24.5. The number of anilines is 3. The maximum Gasteiger partial charge on any atom is 0.0561 e. The van der Waals surface area contributed by atoms with E-state index in [0.717, 1.165) is 35.0 Å². The summed E-state index contributed by atoms with van der Waals surface area (Å²) in [6.07, 6.45) is 13.3. The van der Waals surface area contributed by atoms with E-state index in [1.165, 1.54) is 153 Å². The highest BCUT2D eigenvalue weighted by molar-refractivity contribution is 6.12. The van der Waals surface area contributed by atoms with Crippen LogP contribution in [0, 0.1) is 23.7 Å². The molecule has 2 heteroatoms. The lowest BCUT2D eigenvalue weighted by molar-refractivity contribution is -0.0399. The van der Waals surface area contributed by atoms with Crippen LogP contribution in [-0.2, 0) is 10.8 Å². The summed E-state index contributed by atoms with van der Waals surface area (Å²) in [7, 11) is 0. The number of hydrogen-bond acceptors (Lipinski definition) is 1. The van der Waals surface area contributed by atoms with Crippen LogP contribution in [0.25, 0.3) is 72.0 Å². The van der Waals surface area contributed by atoms with Crippen LogP contribution in [0.3, 0.4) is 0 Å². The quantitative estimate of drug-likeness (QED) is 0.161. The molecule has 9 aromatic carbocycles. The number of aromatic nitrogens is 1. The predicted molar refractivity (Wildman–Crippen MR) is 299 cm³/mol. The minimum absolute atomic E-state index is 0.0571. The van der Waals surface area contributed by atoms with Crippen LogP contribution in [0.15, 0.2) is 206 Å². The second kappa shape index (κ2) is 15.5. The molecule has 7 aliphatic carbocycles. The molecule has 1 aromatic heterocycles. The van der Waals surface area contributed by atoms with Gasteiger partial charge in [-0.2, -0.15) is 0 Å². The average molecular weight is 927 g/mol. The van der Waals surface area contributed by atoms with E-state index < -0.39 is 0 Å². The molecule has 348 valence electrons. The molecular weight excluding hydrogens is 869 g/mol. The van der Waals surface area contributed by atoms with Gasteiger partial charge in [-0.05, 0) is 190 Å². The van der Waals surface area contributed by atoms with E-state index in [1.807, 2.05) is 0 Å². The molecule has 17 rings (SSSR count). The number of nitrogens with zero attached hydrogens (tertiary/aromatic N) is 2. The molecule has 0 N–H and O–H groups in total. The summed E-state index contributed by atoms with van der Waals surface area (Å²) >= 11 is 0. The van der Waals surface area contributed by atoms with Crippen LogP contribution >= 0.6 is 0 Å². The lowest BCUT2D eigenvalue weighted by atomic mass is 9.43. The third kappa shape index (κ3) is 5.73. The van der Waals surface area contributed by atoms with Crippen LogP contribution < -0.4 is 4.90 Å². The lowest BCUT2D eigenvalue weighted by Crippen LogP contribution is -2.55. The van der Waals surface area contributed by atoms with Gasteiger partial charge in [-0.15, -0.1) is 0 Å². The van der Waals surface area contributed by atoms with Crippen LogP contribution in [-0.4, -0.2) is 4.57 Å². The standard InChI is InChI=1S/C70H58N2/c1-4-15-47(16-5-1)48-25-28-53(29-26-48)71(54-30-33-58-57-19-8-10-22-62(57)69(65(58)43-54)35-12-3-13-36-69)55-31-34-60-59-32-27-49(42-66(59)72(67(60)44-55)52-17-6-2-7-18-52)56-21-14-24-64-68(56)61-20-9-11-23-63(61)70(64)50-38-45-37-46(40-50)41-51(70)39-45/h1-2,4-11,14-34,42-46,50-51H,3,12-13,35-41H2. The van der Waals surface area contributed by atoms with Gasteiger partial charge in [0.15, 0.2) is 0 Å². The Balaban J connectivity index is 0.884. The first-order valence-corrected chi connectivity index (χ1v) is 27.2. The van der Waals surface area contributed by atoms with Gasteiger partial charge < -0.3 is 9.47 Å². The molecule has 2 spiro atoms. The normalized spacial score (nSPS) is 22.6. The van der Waals surface area contributed by atoms with Crippen LogP contribution in [0.5, 0.6) is 0 Å². The van der Waals surface area contributed by atoms with Gasteiger partial charge in [0.2, 0.25) is 0 Å². The Kier molecular flexibility index (Phi) is 8.90. The van der Waals surface area contributed by atoms with Gasteiger partial charge in [0.25, 0.3) is 0 Å². The molecule has 1 heterocycles. The third-order valence-corrected chi connectivity index (χ3v) is 19.4. The SMILES string of the molecule is c1ccc(-c2ccc(N(c3ccc4c(c3)C3(CCCCC3)c3ccccc3-4)c3ccc4c5ccc(-c6cccc7c6-c6ccccc6C76C7CC8CC(C7)CC6C8)cc5n(-c5ccccc5)c4c3)cc2)cc1. The van der Waals surface area contributed by atoms with E-state index >= 15 is 0 Å². The summed E-state index contributed by atoms with van der Waals surface area (Å²) in [6.45, 7) is 0. The monoisotopic (exact) mass is 926 g/mol. The molecule has 0 amide bonds. The second-order valence-corrected chi connectivity index (χ2v) is 22.7. The lowest BCUT2D eigenvalue weighted by Gasteiger charge is -2.61. The van der Waals surface area contributed by atoms with Crippen molar-refractivity contribution in [2.45, 2.75) is 75.0 Å². The summed E-state index contributed by atoms with van der Waals surface area (Å²) in [5.74, 6) is 3.33. The van der Waals surface area contributed by atoms with Gasteiger partial charge >= 0.3 is 0 Å². The average Bonchev–Trinajstić information content (AvgIpc) is 4.02. The van der Waals surface area contributed by atoms with Gasteiger partial charge in [-0.1, -0.05) is 171 Å². The Morgan fingerprint density at radius 2 is 0.931 bits per heavy atom. The number of para-hydroxylation sites is 1. The zero-order valence-electron chi connectivity index (χ0n) is 40.9. The smallest absolute Gasteiger partial charge is 0.0561 e. The fourth-order valence-corrected chi connectivity index (χ4v) is 16.8. The van der Waals surface area contributed by atoms with Crippen molar-refractivity contribution in [3.05, 3.63) is 229 Å². The molecule has 10 aromatic rings. The second-order valence-electron chi connectivity index (χ2n) is 22.7. The molecule has 0 unspecified atom stereocenters. The minimum atomic E-state index is 0.0571. The number of rotatable bonds is 6. The van der Waals surface area contributed by atoms with Gasteiger partial charge in [0.1, 0.15) is 0 Å². The van der Waals surface area contributed by atoms with Crippen molar-refractivity contribution < 1.29 is 0 Å². The minimum Gasteiger partial charge on any atom is -0.310 e. The van der Waals surface area contributed by atoms with Crippen LogP contribution in [0.4, 0.5) is 17.1 Å². The maximum atomic E-state index is 2.57. The molecule has 5 saturated carbocycles. The molecule has 0 aliphatic heterocycles. The van der Waals surface area contributed by atoms with Gasteiger partial charge in [0.05, 0.1) is 11.0 Å². The Morgan fingerprint density at radius 3 is 1.69 bits per heavy atom. The molecule has 4 bridgehead atoms. The van der Waals surface area contributed by atoms with E-state index in [2.05, 4.69) is 216 Å². The highest BCUT2D eigenvalue weighted by atomic mass is 15.1. The van der Waals surface area contributed by atoms with Crippen molar-refractivity contribution >= 4 is 38.9 Å². The fourth-order valence-electron chi connectivity index (χ4n) is 16.8. The van der Waals surface area contributed by atoms with Crippen molar-refractivity contribution in [1.82, 2.24) is 4.57 Å². The molecule has 0 radical (unpaired) electrons. The van der Waals surface area contributed by atoms with Gasteiger partial charge in [-0.3, -0.25) is 0 Å². The molecule has 0 saturated heterocycles. The first kappa shape index (κ1) is 41.2. The van der Waals surface area contributed by atoms with Gasteiger partial charge in [0, 0.05) is 44.4 Å². The topological polar surface area (TPSA) is 8.17 Å². The summed E-state index contributed by atoms with van der Waals surface area (Å²) < 4.78 is 2.54. The van der Waals surface area contributed by atoms with E-state index in [-0.39, 0.29) is 10.8 Å². The predicted octanol–water partition coefficient (Wildman–Crippen LogP) is 18.5. The third-order valence-electron chi connectivity index (χ3n) is 19.4. The van der Waals surface area contributed by atoms with Crippen molar-refractivity contribution in [2.24, 2.45) is 23.7 Å². The first-order chi connectivity index (χ1) is 35.6. The van der Waals surface area contributed by atoms with Crippen molar-refractivity contribution in [3.8, 4) is 50.2 Å². The molecule has 72 heavy (non-hydrogen) atoms. The number of benzene rings is 9. The van der Waals surface area contributed by atoms with Crippen molar-refractivity contribution in [2.75, 3.05) is 4.90 Å². The van der Waals surface area contributed by atoms with Gasteiger partial charge in [-0.25, -0.2) is 0 Å². The molecule has 7 aliphatic rings. The zero-order chi connectivity index (χ0) is 47.1. The first-order valence-electron chi connectivity index (χ1n) is 27.2. The van der Waals surface area contributed by atoms with Crippen molar-refractivity contribution in [3.63, 3.8) is 0 Å². The van der Waals surface area contributed by atoms with E-state index in [0.29, 0.717) is 0 Å². The van der Waals surface area contributed by atoms with Crippen molar-refractivity contribution in [1.29, 1.82) is 0 Å². The summed E-state index contributed by atoms with van der Waals surface area (Å²) in [6, 6.07) is 79.3. The Morgan fingerprint density at radius 1 is 0.375 bits per heavy atom. The fraction of sp³-hybridized carbons (Fsp3) is 0.229. The Bertz CT molecular complexity index is 3770. The van der Waals surface area contributed by atoms with E-state index in [9.17, 15) is 0 Å². The molecule has 5 fully saturated rings. The number of fused-ring (bicyclic) bond motifs is 11. The van der Waals surface area contributed by atoms with E-state index in [4.69, 9.17) is 0 Å². The summed E-state index contributed by atoms with van der Waals surface area (Å²) in [5, 5.41) is 2.55. The Hall–Kier alpha value is -7.42. The van der Waals surface area contributed by atoms with E-state index in [1.54, 1.807) is 11.1 Å².